The van der Waals surface area contributed by atoms with Gasteiger partial charge in [-0.25, -0.2) is 0 Å². The Morgan fingerprint density at radius 3 is 2.08 bits per heavy atom. The largest absolute Gasteiger partial charge is 0.497 e. The van der Waals surface area contributed by atoms with Crippen LogP contribution in [0.2, 0.25) is 10.0 Å². The van der Waals surface area contributed by atoms with Gasteiger partial charge in [-0.3, -0.25) is 4.79 Å². The fourth-order valence-corrected chi connectivity index (χ4v) is 2.65. The van der Waals surface area contributed by atoms with Gasteiger partial charge in [-0.15, -0.1) is 0 Å². The summed E-state index contributed by atoms with van der Waals surface area (Å²) in [6.07, 6.45) is 1.44. The summed E-state index contributed by atoms with van der Waals surface area (Å²) in [5.41, 5.74) is 0.586. The summed E-state index contributed by atoms with van der Waals surface area (Å²) in [5, 5.41) is 9.75. The molecule has 24 heavy (non-hydrogen) atoms. The molecule has 0 fully saturated rings. The van der Waals surface area contributed by atoms with Crippen molar-refractivity contribution in [3.05, 3.63) is 63.1 Å². The Balaban J connectivity index is 2.50. The lowest BCUT2D eigenvalue weighted by molar-refractivity contribution is 0.104. The molecular weight excluding hydrogens is 349 g/mol. The van der Waals surface area contributed by atoms with Crippen LogP contribution in [0.3, 0.4) is 0 Å². The van der Waals surface area contributed by atoms with Crippen molar-refractivity contribution in [2.45, 2.75) is 0 Å². The van der Waals surface area contributed by atoms with E-state index in [0.717, 1.165) is 0 Å². The maximum absolute atomic E-state index is 12.6. The number of hydrogen-bond acceptors (Lipinski definition) is 4. The van der Waals surface area contributed by atoms with E-state index in [-0.39, 0.29) is 21.2 Å². The molecule has 0 unspecified atom stereocenters. The number of nitrogens with zero attached hydrogens (tertiary/aromatic N) is 1. The van der Waals surface area contributed by atoms with Gasteiger partial charge in [0, 0.05) is 6.07 Å². The molecule has 0 bridgehead atoms. The zero-order valence-electron chi connectivity index (χ0n) is 13.0. The van der Waals surface area contributed by atoms with E-state index >= 15 is 0 Å². The summed E-state index contributed by atoms with van der Waals surface area (Å²) >= 11 is 12.1. The number of Topliss-reactive ketones (excluding diaryl/α,β-unsaturated/α-hetero) is 1. The van der Waals surface area contributed by atoms with Crippen LogP contribution in [0.1, 0.15) is 15.9 Å². The van der Waals surface area contributed by atoms with Gasteiger partial charge in [0.25, 0.3) is 0 Å². The van der Waals surface area contributed by atoms with Crippen LogP contribution in [0.5, 0.6) is 11.5 Å². The zero-order valence-corrected chi connectivity index (χ0v) is 14.5. The van der Waals surface area contributed by atoms with Gasteiger partial charge in [0.1, 0.15) is 23.1 Å². The molecule has 0 radical (unpaired) electrons. The van der Waals surface area contributed by atoms with Crippen LogP contribution in [-0.2, 0) is 0 Å². The smallest absolute Gasteiger partial charge is 0.206 e. The molecule has 0 aliphatic heterocycles. The fraction of sp³-hybridized carbons (Fsp3) is 0.111. The summed E-state index contributed by atoms with van der Waals surface area (Å²) in [6, 6.07) is 11.7. The second-order valence-electron chi connectivity index (χ2n) is 4.74. The van der Waals surface area contributed by atoms with Crippen molar-refractivity contribution in [1.82, 2.24) is 0 Å². The third-order valence-corrected chi connectivity index (χ3v) is 3.87. The number of methoxy groups -OCH3 is 2. The SMILES string of the molecule is COc1cc(/C=C(/C#N)C(=O)c2c(Cl)cccc2Cl)cc(OC)c1. The van der Waals surface area contributed by atoms with Crippen molar-refractivity contribution >= 4 is 35.1 Å². The molecule has 0 aliphatic rings. The topological polar surface area (TPSA) is 59.3 Å². The highest BCUT2D eigenvalue weighted by molar-refractivity contribution is 6.41. The number of allylic oxidation sites excluding steroid dienone is 1. The molecule has 0 aromatic heterocycles. The second-order valence-corrected chi connectivity index (χ2v) is 5.56. The average molecular weight is 362 g/mol. The van der Waals surface area contributed by atoms with Crippen molar-refractivity contribution in [1.29, 1.82) is 5.26 Å². The zero-order chi connectivity index (χ0) is 17.7. The van der Waals surface area contributed by atoms with Crippen molar-refractivity contribution in [3.8, 4) is 17.6 Å². The van der Waals surface area contributed by atoms with E-state index in [0.29, 0.717) is 17.1 Å². The van der Waals surface area contributed by atoms with Gasteiger partial charge in [0.05, 0.1) is 29.8 Å². The number of ether oxygens (including phenoxy) is 2. The van der Waals surface area contributed by atoms with Crippen molar-refractivity contribution in [2.24, 2.45) is 0 Å². The molecule has 0 N–H and O–H groups in total. The van der Waals surface area contributed by atoms with Crippen LogP contribution in [-0.4, -0.2) is 20.0 Å². The van der Waals surface area contributed by atoms with Crippen molar-refractivity contribution in [2.75, 3.05) is 14.2 Å². The van der Waals surface area contributed by atoms with Gasteiger partial charge < -0.3 is 9.47 Å². The van der Waals surface area contributed by atoms with E-state index in [4.69, 9.17) is 32.7 Å². The minimum absolute atomic E-state index is 0.0969. The van der Waals surface area contributed by atoms with Crippen LogP contribution >= 0.6 is 23.2 Å². The van der Waals surface area contributed by atoms with Crippen LogP contribution in [0, 0.1) is 11.3 Å². The van der Waals surface area contributed by atoms with Crippen molar-refractivity contribution in [3.63, 3.8) is 0 Å². The highest BCUT2D eigenvalue weighted by atomic mass is 35.5. The summed E-state index contributed by atoms with van der Waals surface area (Å²) in [6.45, 7) is 0. The van der Waals surface area contributed by atoms with Gasteiger partial charge in [-0.05, 0) is 35.9 Å². The lowest BCUT2D eigenvalue weighted by Gasteiger charge is -2.07. The normalized spacial score (nSPS) is 10.9. The second kappa shape index (κ2) is 7.87. The van der Waals surface area contributed by atoms with Gasteiger partial charge in [-0.1, -0.05) is 29.3 Å². The highest BCUT2D eigenvalue weighted by Gasteiger charge is 2.19. The van der Waals surface area contributed by atoms with Gasteiger partial charge in [-0.2, -0.15) is 5.26 Å². The quantitative estimate of drug-likeness (QED) is 0.436. The van der Waals surface area contributed by atoms with E-state index in [1.807, 2.05) is 6.07 Å². The number of ketones is 1. The molecule has 6 heteroatoms. The highest BCUT2D eigenvalue weighted by Crippen LogP contribution is 2.28. The van der Waals surface area contributed by atoms with E-state index in [2.05, 4.69) is 0 Å². The van der Waals surface area contributed by atoms with Crippen LogP contribution < -0.4 is 9.47 Å². The minimum atomic E-state index is -0.546. The molecule has 2 aromatic carbocycles. The van der Waals surface area contributed by atoms with Crippen LogP contribution in [0.15, 0.2) is 42.0 Å². The molecule has 0 heterocycles. The number of rotatable bonds is 5. The first-order valence-corrected chi connectivity index (χ1v) is 7.59. The molecule has 2 aromatic rings. The van der Waals surface area contributed by atoms with Gasteiger partial charge >= 0.3 is 0 Å². The number of nitriles is 1. The lowest BCUT2D eigenvalue weighted by atomic mass is 10.0. The number of carbonyl (C=O) groups excluding carboxylic acids is 1. The van der Waals surface area contributed by atoms with Crippen molar-refractivity contribution < 1.29 is 14.3 Å². The number of halogens is 2. The Morgan fingerprint density at radius 1 is 1.08 bits per heavy atom. The predicted octanol–water partition coefficient (Wildman–Crippen LogP) is 4.80. The third kappa shape index (κ3) is 3.88. The summed E-state index contributed by atoms with van der Waals surface area (Å²) in [5.74, 6) is 0.539. The molecule has 0 spiro atoms. The van der Waals surface area contributed by atoms with Gasteiger partial charge in [0.15, 0.2) is 0 Å². The molecule has 0 amide bonds. The Kier molecular flexibility index (Phi) is 5.86. The molecular formula is C18H13Cl2NO3. The minimum Gasteiger partial charge on any atom is -0.497 e. The molecule has 4 nitrogen and oxygen atoms in total. The van der Waals surface area contributed by atoms with E-state index in [1.165, 1.54) is 20.3 Å². The fourth-order valence-electron chi connectivity index (χ4n) is 2.08. The number of carbonyl (C=O) groups is 1. The summed E-state index contributed by atoms with van der Waals surface area (Å²) in [7, 11) is 3.03. The van der Waals surface area contributed by atoms with E-state index < -0.39 is 5.78 Å². The maximum Gasteiger partial charge on any atom is 0.206 e. The Bertz CT molecular complexity index is 811. The number of hydrogen-bond donors (Lipinski definition) is 0. The standard InChI is InChI=1S/C18H13Cl2NO3/c1-23-13-7-11(8-14(9-13)24-2)6-12(10-21)18(22)17-15(19)4-3-5-16(17)20/h3-9H,1-2H3/b12-6-. The molecule has 0 aliphatic carbocycles. The molecule has 0 atom stereocenters. The molecule has 122 valence electrons. The molecule has 0 saturated heterocycles. The third-order valence-electron chi connectivity index (χ3n) is 3.24. The molecule has 2 rings (SSSR count). The molecule has 0 saturated carbocycles. The van der Waals surface area contributed by atoms with E-state index in [1.54, 1.807) is 36.4 Å². The Labute approximate surface area is 149 Å². The first-order chi connectivity index (χ1) is 11.5. The Morgan fingerprint density at radius 2 is 1.62 bits per heavy atom. The van der Waals surface area contributed by atoms with Gasteiger partial charge in [0.2, 0.25) is 5.78 Å². The Hall–Kier alpha value is -2.48. The van der Waals surface area contributed by atoms with E-state index in [9.17, 15) is 10.1 Å². The first-order valence-electron chi connectivity index (χ1n) is 6.83. The van der Waals surface area contributed by atoms with Crippen LogP contribution in [0.25, 0.3) is 6.08 Å². The first kappa shape index (κ1) is 17.9. The summed E-state index contributed by atoms with van der Waals surface area (Å²) in [4.78, 5) is 12.6. The van der Waals surface area contributed by atoms with Crippen LogP contribution in [0.4, 0.5) is 0 Å². The monoisotopic (exact) mass is 361 g/mol. The lowest BCUT2D eigenvalue weighted by Crippen LogP contribution is -2.04. The predicted molar refractivity (Wildman–Crippen MR) is 93.9 cm³/mol. The maximum atomic E-state index is 12.6. The average Bonchev–Trinajstić information content (AvgIpc) is 2.58. The summed E-state index contributed by atoms with van der Waals surface area (Å²) < 4.78 is 10.4. The number of benzene rings is 2.